The van der Waals surface area contributed by atoms with E-state index in [1.165, 1.54) is 7.11 Å². The highest BCUT2D eigenvalue weighted by molar-refractivity contribution is 9.10. The summed E-state index contributed by atoms with van der Waals surface area (Å²) >= 11 is 10.0. The summed E-state index contributed by atoms with van der Waals surface area (Å²) in [5, 5.41) is 9.89. The molecule has 1 fully saturated rings. The van der Waals surface area contributed by atoms with Crippen molar-refractivity contribution in [2.45, 2.75) is 0 Å². The fourth-order valence-corrected chi connectivity index (χ4v) is 3.78. The number of hydrogen-bond donors (Lipinski definition) is 1. The molecule has 0 radical (unpaired) electrons. The minimum absolute atomic E-state index is 0.0355. The van der Waals surface area contributed by atoms with Gasteiger partial charge in [0.2, 0.25) is 0 Å². The maximum Gasteiger partial charge on any atom is 0.298 e. The third-order valence-electron chi connectivity index (χ3n) is 3.43. The van der Waals surface area contributed by atoms with Crippen molar-refractivity contribution >= 4 is 62.2 Å². The molecule has 2 aromatic rings. The molecule has 0 aromatic heterocycles. The SMILES string of the molecule is COc1cc(C=C2SC(=O)N(c3cccc(Cl)c3)C2=O)cc(Br)c1O. The number of imide groups is 1. The van der Waals surface area contributed by atoms with E-state index in [1.54, 1.807) is 42.5 Å². The Morgan fingerprint density at radius 2 is 2.04 bits per heavy atom. The highest BCUT2D eigenvalue weighted by atomic mass is 79.9. The van der Waals surface area contributed by atoms with E-state index < -0.39 is 11.1 Å². The number of carbonyl (C=O) groups is 2. The van der Waals surface area contributed by atoms with Crippen molar-refractivity contribution in [3.05, 3.63) is 56.4 Å². The van der Waals surface area contributed by atoms with E-state index in [0.717, 1.165) is 16.7 Å². The van der Waals surface area contributed by atoms with Crippen LogP contribution in [0.15, 0.2) is 45.8 Å². The van der Waals surface area contributed by atoms with Crippen LogP contribution in [-0.4, -0.2) is 23.4 Å². The lowest BCUT2D eigenvalue weighted by molar-refractivity contribution is -0.113. The molecule has 0 spiro atoms. The molecule has 8 heteroatoms. The molecule has 25 heavy (non-hydrogen) atoms. The molecule has 0 unspecified atom stereocenters. The van der Waals surface area contributed by atoms with Gasteiger partial charge < -0.3 is 9.84 Å². The molecule has 5 nitrogen and oxygen atoms in total. The third kappa shape index (κ3) is 3.53. The topological polar surface area (TPSA) is 66.8 Å². The molecule has 1 heterocycles. The van der Waals surface area contributed by atoms with Gasteiger partial charge in [-0.05, 0) is 69.7 Å². The van der Waals surface area contributed by atoms with E-state index in [9.17, 15) is 14.7 Å². The first-order valence-electron chi connectivity index (χ1n) is 7.00. The molecular formula is C17H11BrClNO4S. The molecular weight excluding hydrogens is 430 g/mol. The standard InChI is InChI=1S/C17H11BrClNO4S/c1-24-13-6-9(5-12(18)15(13)21)7-14-16(22)20(17(23)25-14)11-4-2-3-10(19)8-11/h2-8,21H,1H3. The number of methoxy groups -OCH3 is 1. The van der Waals surface area contributed by atoms with Gasteiger partial charge in [0.25, 0.3) is 11.1 Å². The smallest absolute Gasteiger partial charge is 0.298 e. The number of rotatable bonds is 3. The Hall–Kier alpha value is -1.96. The second kappa shape index (κ2) is 7.11. The van der Waals surface area contributed by atoms with Crippen LogP contribution in [0.2, 0.25) is 5.02 Å². The number of phenolic OH excluding ortho intramolecular Hbond substituents is 1. The monoisotopic (exact) mass is 439 g/mol. The zero-order valence-corrected chi connectivity index (χ0v) is 16.0. The number of amides is 2. The lowest BCUT2D eigenvalue weighted by atomic mass is 10.2. The van der Waals surface area contributed by atoms with E-state index in [0.29, 0.717) is 20.7 Å². The van der Waals surface area contributed by atoms with Crippen molar-refractivity contribution in [2.24, 2.45) is 0 Å². The number of aromatic hydroxyl groups is 1. The molecule has 0 saturated carbocycles. The molecule has 1 aliphatic rings. The summed E-state index contributed by atoms with van der Waals surface area (Å²) in [7, 11) is 1.43. The van der Waals surface area contributed by atoms with Crippen molar-refractivity contribution in [3.63, 3.8) is 0 Å². The average molecular weight is 441 g/mol. The van der Waals surface area contributed by atoms with Gasteiger partial charge in [-0.3, -0.25) is 9.59 Å². The summed E-state index contributed by atoms with van der Waals surface area (Å²) in [6.45, 7) is 0. The van der Waals surface area contributed by atoms with Gasteiger partial charge >= 0.3 is 0 Å². The number of halogens is 2. The highest BCUT2D eigenvalue weighted by Crippen LogP contribution is 2.39. The minimum atomic E-state index is -0.430. The van der Waals surface area contributed by atoms with Crippen molar-refractivity contribution in [2.75, 3.05) is 12.0 Å². The Kier molecular flexibility index (Phi) is 5.08. The van der Waals surface area contributed by atoms with E-state index in [1.807, 2.05) is 0 Å². The second-order valence-electron chi connectivity index (χ2n) is 5.05. The van der Waals surface area contributed by atoms with Gasteiger partial charge in [0.05, 0.1) is 22.2 Å². The van der Waals surface area contributed by atoms with Crippen molar-refractivity contribution in [1.82, 2.24) is 0 Å². The maximum atomic E-state index is 12.6. The van der Waals surface area contributed by atoms with Gasteiger partial charge in [-0.25, -0.2) is 4.90 Å². The van der Waals surface area contributed by atoms with Gasteiger partial charge in [-0.1, -0.05) is 17.7 Å². The number of ether oxygens (including phenoxy) is 1. The van der Waals surface area contributed by atoms with Crippen LogP contribution >= 0.6 is 39.3 Å². The molecule has 3 rings (SSSR count). The second-order valence-corrected chi connectivity index (χ2v) is 7.33. The summed E-state index contributed by atoms with van der Waals surface area (Å²) in [5.74, 6) is -0.207. The Morgan fingerprint density at radius 3 is 2.72 bits per heavy atom. The molecule has 1 N–H and O–H groups in total. The Bertz CT molecular complexity index is 916. The summed E-state index contributed by atoms with van der Waals surface area (Å²) in [4.78, 5) is 26.2. The molecule has 0 aliphatic carbocycles. The Morgan fingerprint density at radius 1 is 1.28 bits per heavy atom. The van der Waals surface area contributed by atoms with Crippen LogP contribution in [0.3, 0.4) is 0 Å². The number of nitrogens with zero attached hydrogens (tertiary/aromatic N) is 1. The number of benzene rings is 2. The maximum absolute atomic E-state index is 12.6. The number of anilines is 1. The van der Waals surface area contributed by atoms with Crippen LogP contribution in [0.1, 0.15) is 5.56 Å². The zero-order valence-electron chi connectivity index (χ0n) is 12.8. The van der Waals surface area contributed by atoms with Crippen molar-refractivity contribution in [1.29, 1.82) is 0 Å². The lowest BCUT2D eigenvalue weighted by Crippen LogP contribution is -2.27. The van der Waals surface area contributed by atoms with Gasteiger partial charge in [0.15, 0.2) is 11.5 Å². The predicted molar refractivity (Wildman–Crippen MR) is 102 cm³/mol. The molecule has 0 bridgehead atoms. The molecule has 1 saturated heterocycles. The number of carbonyl (C=O) groups excluding carboxylic acids is 2. The highest BCUT2D eigenvalue weighted by Gasteiger charge is 2.36. The fraction of sp³-hybridized carbons (Fsp3) is 0.0588. The van der Waals surface area contributed by atoms with Crippen LogP contribution in [0.5, 0.6) is 11.5 Å². The van der Waals surface area contributed by atoms with Gasteiger partial charge in [0.1, 0.15) is 0 Å². The van der Waals surface area contributed by atoms with E-state index in [2.05, 4.69) is 15.9 Å². The van der Waals surface area contributed by atoms with Crippen LogP contribution in [0, 0.1) is 0 Å². The van der Waals surface area contributed by atoms with Gasteiger partial charge in [-0.15, -0.1) is 0 Å². The number of hydrogen-bond acceptors (Lipinski definition) is 5. The van der Waals surface area contributed by atoms with E-state index in [-0.39, 0.29) is 16.4 Å². The third-order valence-corrected chi connectivity index (χ3v) is 5.14. The van der Waals surface area contributed by atoms with Crippen LogP contribution in [0.25, 0.3) is 6.08 Å². The van der Waals surface area contributed by atoms with Crippen LogP contribution in [0.4, 0.5) is 10.5 Å². The molecule has 1 aliphatic heterocycles. The Labute approximate surface area is 161 Å². The van der Waals surface area contributed by atoms with Crippen molar-refractivity contribution < 1.29 is 19.4 Å². The van der Waals surface area contributed by atoms with Crippen LogP contribution in [-0.2, 0) is 4.79 Å². The van der Waals surface area contributed by atoms with Crippen LogP contribution < -0.4 is 9.64 Å². The van der Waals surface area contributed by atoms with E-state index in [4.69, 9.17) is 16.3 Å². The quantitative estimate of drug-likeness (QED) is 0.676. The molecule has 2 amide bonds. The zero-order chi connectivity index (χ0) is 18.1. The lowest BCUT2D eigenvalue weighted by Gasteiger charge is -2.12. The summed E-state index contributed by atoms with van der Waals surface area (Å²) in [6.07, 6.45) is 1.57. The van der Waals surface area contributed by atoms with Crippen molar-refractivity contribution in [3.8, 4) is 11.5 Å². The number of thioether (sulfide) groups is 1. The molecule has 0 atom stereocenters. The normalized spacial score (nSPS) is 16.0. The average Bonchev–Trinajstić information content (AvgIpc) is 2.84. The first kappa shape index (κ1) is 17.8. The largest absolute Gasteiger partial charge is 0.503 e. The molecule has 2 aromatic carbocycles. The first-order valence-corrected chi connectivity index (χ1v) is 8.99. The van der Waals surface area contributed by atoms with Gasteiger partial charge in [0, 0.05) is 5.02 Å². The van der Waals surface area contributed by atoms with E-state index >= 15 is 0 Å². The first-order chi connectivity index (χ1) is 11.9. The number of phenols is 1. The summed E-state index contributed by atoms with van der Waals surface area (Å²) in [5.41, 5.74) is 1.03. The fourth-order valence-electron chi connectivity index (χ4n) is 2.29. The minimum Gasteiger partial charge on any atom is -0.503 e. The summed E-state index contributed by atoms with van der Waals surface area (Å²) in [6, 6.07) is 9.75. The van der Waals surface area contributed by atoms with Gasteiger partial charge in [-0.2, -0.15) is 0 Å². The molecule has 128 valence electrons. The summed E-state index contributed by atoms with van der Waals surface area (Å²) < 4.78 is 5.51. The predicted octanol–water partition coefficient (Wildman–Crippen LogP) is 5.06. The Balaban J connectivity index is 1.97.